The number of carboxylic acid groups (broad SMARTS) is 1. The number of halogens is 3. The summed E-state index contributed by atoms with van der Waals surface area (Å²) >= 11 is 0. The maximum atomic E-state index is 10.6. The van der Waals surface area contributed by atoms with Gasteiger partial charge in [0.15, 0.2) is 0 Å². The average Bonchev–Trinajstić information content (AvgIpc) is 3.17. The fourth-order valence-electron chi connectivity index (χ4n) is 4.63. The Morgan fingerprint density at radius 2 is 1.91 bits per heavy atom. The molecule has 3 aliphatic heterocycles. The number of ether oxygens (including phenoxy) is 3. The minimum Gasteiger partial charge on any atom is -0.475 e. The molecule has 1 N–H and O–H groups in total. The number of alkyl halides is 3. The van der Waals surface area contributed by atoms with E-state index in [1.54, 1.807) is 0 Å². The van der Waals surface area contributed by atoms with E-state index < -0.39 is 12.1 Å². The van der Waals surface area contributed by atoms with Gasteiger partial charge in [0.2, 0.25) is 0 Å². The van der Waals surface area contributed by atoms with Crippen molar-refractivity contribution in [3.05, 3.63) is 35.4 Å². The third-order valence-electron chi connectivity index (χ3n) is 6.58. The molecule has 1 spiro atoms. The van der Waals surface area contributed by atoms with Gasteiger partial charge in [-0.3, -0.25) is 4.90 Å². The van der Waals surface area contributed by atoms with Gasteiger partial charge in [-0.05, 0) is 44.1 Å². The van der Waals surface area contributed by atoms with Gasteiger partial charge in [0.25, 0.3) is 0 Å². The lowest BCUT2D eigenvalue weighted by Gasteiger charge is -2.38. The van der Waals surface area contributed by atoms with Gasteiger partial charge >= 0.3 is 12.1 Å². The van der Waals surface area contributed by atoms with Gasteiger partial charge in [-0.1, -0.05) is 29.8 Å². The van der Waals surface area contributed by atoms with Crippen LogP contribution in [0.2, 0.25) is 0 Å². The molecule has 3 heterocycles. The van der Waals surface area contributed by atoms with E-state index in [4.69, 9.17) is 24.1 Å². The Morgan fingerprint density at radius 1 is 1.24 bits per heavy atom. The Balaban J connectivity index is 0.000000383. The van der Waals surface area contributed by atoms with Crippen LogP contribution in [0.1, 0.15) is 43.2 Å². The average molecular weight is 474 g/mol. The number of carbonyl (C=O) groups is 1. The van der Waals surface area contributed by atoms with E-state index in [-0.39, 0.29) is 5.60 Å². The highest BCUT2D eigenvalue weighted by molar-refractivity contribution is 5.73. The van der Waals surface area contributed by atoms with Crippen molar-refractivity contribution < 1.29 is 37.3 Å². The van der Waals surface area contributed by atoms with Crippen molar-refractivity contribution in [3.63, 3.8) is 0 Å². The number of hydrogen-bond acceptors (Lipinski definition) is 5. The van der Waals surface area contributed by atoms with Gasteiger partial charge in [-0.15, -0.1) is 0 Å². The normalized spacial score (nSPS) is 23.8. The van der Waals surface area contributed by atoms with E-state index in [0.29, 0.717) is 12.0 Å². The lowest BCUT2D eigenvalue weighted by atomic mass is 9.87. The maximum absolute atomic E-state index is 10.6. The van der Waals surface area contributed by atoms with Crippen molar-refractivity contribution in [3.8, 4) is 0 Å². The van der Waals surface area contributed by atoms with Crippen molar-refractivity contribution in [2.45, 2.75) is 63.5 Å². The van der Waals surface area contributed by atoms with Crippen LogP contribution in [-0.2, 0) is 25.5 Å². The number of hydrogen-bond donors (Lipinski definition) is 1. The number of aliphatic carboxylic acids is 1. The molecule has 0 aromatic heterocycles. The van der Waals surface area contributed by atoms with Crippen molar-refractivity contribution >= 4 is 5.97 Å². The van der Waals surface area contributed by atoms with Crippen LogP contribution in [0.5, 0.6) is 0 Å². The van der Waals surface area contributed by atoms with E-state index in [2.05, 4.69) is 36.1 Å². The van der Waals surface area contributed by atoms with Gasteiger partial charge in [0.05, 0.1) is 24.9 Å². The first-order valence-electron chi connectivity index (χ1n) is 11.6. The molecule has 1 atom stereocenters. The standard InChI is InChI=1S/C22H33NO3.C2HF3O2/c1-18-3-2-4-20(13-18)15-23-9-7-22(8-10-23)14-21(17-26-22)25-16-19-5-11-24-12-6-19;3-2(4,5)1(6)7/h2-4,13,19,21H,5-12,14-17H2,1H3;(H,6,7). The molecule has 6 nitrogen and oxygen atoms in total. The number of aryl methyl sites for hydroxylation is 1. The zero-order valence-electron chi connectivity index (χ0n) is 19.1. The predicted molar refractivity (Wildman–Crippen MR) is 116 cm³/mol. The minimum atomic E-state index is -5.08. The zero-order chi connectivity index (χ0) is 23.9. The molecule has 4 rings (SSSR count). The summed E-state index contributed by atoms with van der Waals surface area (Å²) in [5.41, 5.74) is 2.84. The molecule has 1 aromatic carbocycles. The largest absolute Gasteiger partial charge is 0.490 e. The molecular weight excluding hydrogens is 439 g/mol. The Morgan fingerprint density at radius 3 is 2.52 bits per heavy atom. The number of nitrogens with zero attached hydrogens (tertiary/aromatic N) is 1. The second-order valence-electron chi connectivity index (χ2n) is 9.28. The summed E-state index contributed by atoms with van der Waals surface area (Å²) in [5, 5.41) is 7.12. The first-order valence-corrected chi connectivity index (χ1v) is 11.6. The van der Waals surface area contributed by atoms with Gasteiger partial charge in [-0.25, -0.2) is 4.79 Å². The molecule has 0 amide bonds. The van der Waals surface area contributed by atoms with Crippen molar-refractivity contribution in [1.29, 1.82) is 0 Å². The van der Waals surface area contributed by atoms with E-state index >= 15 is 0 Å². The molecule has 0 aliphatic carbocycles. The second-order valence-corrected chi connectivity index (χ2v) is 9.28. The van der Waals surface area contributed by atoms with E-state index in [1.165, 1.54) is 11.1 Å². The molecule has 1 unspecified atom stereocenters. The van der Waals surface area contributed by atoms with Crippen LogP contribution in [0.4, 0.5) is 13.2 Å². The lowest BCUT2D eigenvalue weighted by Crippen LogP contribution is -2.44. The van der Waals surface area contributed by atoms with Crippen LogP contribution >= 0.6 is 0 Å². The molecule has 3 aliphatic rings. The fraction of sp³-hybridized carbons (Fsp3) is 0.708. The lowest BCUT2D eigenvalue weighted by molar-refractivity contribution is -0.192. The number of piperidine rings is 1. The summed E-state index contributed by atoms with van der Waals surface area (Å²) in [4.78, 5) is 11.5. The molecule has 1 aromatic rings. The fourth-order valence-corrected chi connectivity index (χ4v) is 4.63. The summed E-state index contributed by atoms with van der Waals surface area (Å²) in [6.45, 7) is 8.93. The topological polar surface area (TPSA) is 68.2 Å². The summed E-state index contributed by atoms with van der Waals surface area (Å²) in [6.07, 6.45) is 0.848. The number of rotatable bonds is 5. The molecule has 33 heavy (non-hydrogen) atoms. The van der Waals surface area contributed by atoms with Gasteiger partial charge in [0, 0.05) is 39.3 Å². The molecule has 3 fully saturated rings. The highest BCUT2D eigenvalue weighted by atomic mass is 19.4. The third kappa shape index (κ3) is 8.24. The number of carboxylic acids is 1. The molecule has 0 bridgehead atoms. The molecular formula is C24H34F3NO5. The van der Waals surface area contributed by atoms with E-state index in [9.17, 15) is 13.2 Å². The van der Waals surface area contributed by atoms with Gasteiger partial charge in [0.1, 0.15) is 0 Å². The predicted octanol–water partition coefficient (Wildman–Crippen LogP) is 4.20. The number of benzene rings is 1. The highest BCUT2D eigenvalue weighted by Gasteiger charge is 2.43. The first-order chi connectivity index (χ1) is 15.7. The van der Waals surface area contributed by atoms with Crippen LogP contribution < -0.4 is 0 Å². The summed E-state index contributed by atoms with van der Waals surface area (Å²) < 4.78 is 49.7. The maximum Gasteiger partial charge on any atom is 0.490 e. The van der Waals surface area contributed by atoms with Gasteiger partial charge < -0.3 is 19.3 Å². The molecule has 0 saturated carbocycles. The highest BCUT2D eigenvalue weighted by Crippen LogP contribution is 2.37. The monoisotopic (exact) mass is 473 g/mol. The summed E-state index contributed by atoms with van der Waals surface area (Å²) in [5.74, 6) is -2.08. The van der Waals surface area contributed by atoms with Crippen molar-refractivity contribution in [1.82, 2.24) is 4.90 Å². The molecule has 0 radical (unpaired) electrons. The van der Waals surface area contributed by atoms with E-state index in [1.807, 2.05) is 0 Å². The Bertz CT molecular complexity index is 759. The van der Waals surface area contributed by atoms with Gasteiger partial charge in [-0.2, -0.15) is 13.2 Å². The van der Waals surface area contributed by atoms with Crippen LogP contribution in [0.3, 0.4) is 0 Å². The summed E-state index contributed by atoms with van der Waals surface area (Å²) in [6, 6.07) is 8.87. The van der Waals surface area contributed by atoms with Crippen LogP contribution in [0.15, 0.2) is 24.3 Å². The smallest absolute Gasteiger partial charge is 0.475 e. The molecule has 9 heteroatoms. The Labute approximate surface area is 193 Å². The third-order valence-corrected chi connectivity index (χ3v) is 6.58. The SMILES string of the molecule is Cc1cccc(CN2CCC3(CC2)CC(OCC2CCOCC2)CO3)c1.O=C(O)C(F)(F)F. The van der Waals surface area contributed by atoms with E-state index in [0.717, 1.165) is 78.2 Å². The first kappa shape index (κ1) is 25.9. The zero-order valence-corrected chi connectivity index (χ0v) is 19.1. The Kier molecular flexibility index (Phi) is 9.15. The number of likely N-dealkylation sites (tertiary alicyclic amines) is 1. The minimum absolute atomic E-state index is 0.0729. The Hall–Kier alpha value is -1.68. The second kappa shape index (κ2) is 11.6. The van der Waals surface area contributed by atoms with Crippen LogP contribution in [0.25, 0.3) is 0 Å². The van der Waals surface area contributed by atoms with Crippen molar-refractivity contribution in [2.24, 2.45) is 5.92 Å². The molecule has 3 saturated heterocycles. The van der Waals surface area contributed by atoms with Crippen LogP contribution in [-0.4, -0.2) is 73.4 Å². The molecule has 186 valence electrons. The quantitative estimate of drug-likeness (QED) is 0.692. The van der Waals surface area contributed by atoms with Crippen molar-refractivity contribution in [2.75, 3.05) is 39.5 Å². The summed E-state index contributed by atoms with van der Waals surface area (Å²) in [7, 11) is 0. The van der Waals surface area contributed by atoms with Crippen LogP contribution in [0, 0.1) is 12.8 Å².